The number of esters is 1. The van der Waals surface area contributed by atoms with Crippen LogP contribution in [0.3, 0.4) is 0 Å². The van der Waals surface area contributed by atoms with E-state index in [2.05, 4.69) is 5.32 Å². The van der Waals surface area contributed by atoms with Gasteiger partial charge in [0.1, 0.15) is 11.6 Å². The van der Waals surface area contributed by atoms with Crippen molar-refractivity contribution in [2.75, 3.05) is 23.9 Å². The van der Waals surface area contributed by atoms with Gasteiger partial charge < -0.3 is 14.8 Å². The molecule has 36 heavy (non-hydrogen) atoms. The molecule has 0 aromatic heterocycles. The van der Waals surface area contributed by atoms with E-state index in [-0.39, 0.29) is 35.0 Å². The molecule has 3 aromatic carbocycles. The Labute approximate surface area is 207 Å². The van der Waals surface area contributed by atoms with E-state index in [1.807, 2.05) is 18.2 Å². The highest BCUT2D eigenvalue weighted by Crippen LogP contribution is 2.36. The molecule has 182 valence electrons. The molecule has 0 bridgehead atoms. The van der Waals surface area contributed by atoms with Crippen molar-refractivity contribution in [3.8, 4) is 5.75 Å². The van der Waals surface area contributed by atoms with Crippen LogP contribution >= 0.6 is 0 Å². The van der Waals surface area contributed by atoms with Crippen LogP contribution in [-0.2, 0) is 19.1 Å². The third-order valence-electron chi connectivity index (χ3n) is 5.50. The van der Waals surface area contributed by atoms with Crippen LogP contribution in [0.5, 0.6) is 5.75 Å². The molecule has 0 radical (unpaired) electrons. The maximum absolute atomic E-state index is 14.5. The van der Waals surface area contributed by atoms with Crippen molar-refractivity contribution in [1.29, 1.82) is 0 Å². The SMILES string of the molecule is COC(=O)C1=C(C)N(c2ccccc2F)C(=O)/C1=C\c1ccc(OCC(=O)Nc2ccccc2)cc1. The summed E-state index contributed by atoms with van der Waals surface area (Å²) in [6.07, 6.45) is 1.53. The van der Waals surface area contributed by atoms with Crippen LogP contribution in [0.4, 0.5) is 15.8 Å². The summed E-state index contributed by atoms with van der Waals surface area (Å²) >= 11 is 0. The number of carbonyl (C=O) groups is 3. The van der Waals surface area contributed by atoms with E-state index in [1.54, 1.807) is 49.4 Å². The lowest BCUT2D eigenvalue weighted by atomic mass is 10.0. The quantitative estimate of drug-likeness (QED) is 0.386. The molecule has 8 heteroatoms. The van der Waals surface area contributed by atoms with Gasteiger partial charge >= 0.3 is 5.97 Å². The number of amides is 2. The Morgan fingerprint density at radius 3 is 2.31 bits per heavy atom. The largest absolute Gasteiger partial charge is 0.484 e. The third kappa shape index (κ3) is 5.17. The zero-order chi connectivity index (χ0) is 25.7. The second-order valence-corrected chi connectivity index (χ2v) is 7.87. The molecule has 1 aliphatic heterocycles. The molecular formula is C28H23FN2O5. The minimum atomic E-state index is -0.699. The summed E-state index contributed by atoms with van der Waals surface area (Å²) < 4.78 is 24.9. The van der Waals surface area contributed by atoms with Crippen molar-refractivity contribution in [2.45, 2.75) is 6.92 Å². The Morgan fingerprint density at radius 2 is 1.64 bits per heavy atom. The second-order valence-electron chi connectivity index (χ2n) is 7.87. The van der Waals surface area contributed by atoms with E-state index in [9.17, 15) is 18.8 Å². The maximum Gasteiger partial charge on any atom is 0.340 e. The molecule has 1 heterocycles. The van der Waals surface area contributed by atoms with Gasteiger partial charge in [0.05, 0.1) is 23.9 Å². The molecule has 1 aliphatic rings. The van der Waals surface area contributed by atoms with E-state index in [0.717, 1.165) is 4.90 Å². The predicted molar refractivity (Wildman–Crippen MR) is 134 cm³/mol. The molecule has 3 aromatic rings. The Hall–Kier alpha value is -4.72. The van der Waals surface area contributed by atoms with Crippen molar-refractivity contribution in [1.82, 2.24) is 0 Å². The fourth-order valence-corrected chi connectivity index (χ4v) is 3.80. The minimum Gasteiger partial charge on any atom is -0.484 e. The van der Waals surface area contributed by atoms with Crippen molar-refractivity contribution >= 4 is 35.2 Å². The van der Waals surface area contributed by atoms with Gasteiger partial charge in [0.2, 0.25) is 0 Å². The molecule has 1 N–H and O–H groups in total. The summed E-state index contributed by atoms with van der Waals surface area (Å²) in [5, 5.41) is 2.73. The summed E-state index contributed by atoms with van der Waals surface area (Å²) in [6, 6.07) is 21.5. The molecule has 0 saturated carbocycles. The van der Waals surface area contributed by atoms with Crippen LogP contribution in [0.15, 0.2) is 95.7 Å². The fourth-order valence-electron chi connectivity index (χ4n) is 3.80. The van der Waals surface area contributed by atoms with Crippen molar-refractivity contribution in [3.63, 3.8) is 0 Å². The van der Waals surface area contributed by atoms with E-state index in [0.29, 0.717) is 17.0 Å². The van der Waals surface area contributed by atoms with E-state index in [1.165, 1.54) is 31.4 Å². The number of nitrogens with zero attached hydrogens (tertiary/aromatic N) is 1. The fraction of sp³-hybridized carbons (Fsp3) is 0.107. The Bertz CT molecular complexity index is 1360. The van der Waals surface area contributed by atoms with Gasteiger partial charge in [-0.1, -0.05) is 42.5 Å². The first kappa shape index (κ1) is 24.4. The number of benzene rings is 3. The standard InChI is InChI=1S/C28H23FN2O5/c1-18-26(28(34)35-2)22(27(33)31(18)24-11-7-6-10-23(24)29)16-19-12-14-21(15-13-19)36-17-25(32)30-20-8-4-3-5-9-20/h3-16H,17H2,1-2H3,(H,30,32)/b22-16-. The van der Waals surface area contributed by atoms with E-state index >= 15 is 0 Å². The summed E-state index contributed by atoms with van der Waals surface area (Å²) in [6.45, 7) is 1.38. The number of ether oxygens (including phenoxy) is 2. The van der Waals surface area contributed by atoms with Gasteiger partial charge in [0, 0.05) is 11.4 Å². The number of nitrogens with one attached hydrogen (secondary N) is 1. The second kappa shape index (κ2) is 10.7. The third-order valence-corrected chi connectivity index (χ3v) is 5.50. The van der Waals surface area contributed by atoms with Crippen LogP contribution in [0.2, 0.25) is 0 Å². The maximum atomic E-state index is 14.5. The van der Waals surface area contributed by atoms with Gasteiger partial charge in [-0.15, -0.1) is 0 Å². The highest BCUT2D eigenvalue weighted by Gasteiger charge is 2.38. The van der Waals surface area contributed by atoms with Gasteiger partial charge in [-0.3, -0.25) is 14.5 Å². The highest BCUT2D eigenvalue weighted by molar-refractivity contribution is 6.23. The topological polar surface area (TPSA) is 84.9 Å². The van der Waals surface area contributed by atoms with Crippen LogP contribution < -0.4 is 15.0 Å². The van der Waals surface area contributed by atoms with Crippen LogP contribution in [0.1, 0.15) is 12.5 Å². The molecule has 7 nitrogen and oxygen atoms in total. The van der Waals surface area contributed by atoms with E-state index in [4.69, 9.17) is 9.47 Å². The first-order valence-corrected chi connectivity index (χ1v) is 11.1. The van der Waals surface area contributed by atoms with Gasteiger partial charge in [-0.25, -0.2) is 9.18 Å². The van der Waals surface area contributed by atoms with Gasteiger partial charge in [0.25, 0.3) is 11.8 Å². The predicted octanol–water partition coefficient (Wildman–Crippen LogP) is 4.72. The molecule has 0 saturated heterocycles. The Kier molecular flexibility index (Phi) is 7.25. The minimum absolute atomic E-state index is 0.0438. The molecule has 4 rings (SSSR count). The number of hydrogen-bond donors (Lipinski definition) is 1. The number of anilines is 2. The number of allylic oxidation sites excluding steroid dienone is 1. The zero-order valence-corrected chi connectivity index (χ0v) is 19.7. The summed E-state index contributed by atoms with van der Waals surface area (Å²) in [7, 11) is 1.22. The highest BCUT2D eigenvalue weighted by atomic mass is 19.1. The van der Waals surface area contributed by atoms with Gasteiger partial charge in [0.15, 0.2) is 6.61 Å². The number of hydrogen-bond acceptors (Lipinski definition) is 5. The molecule has 2 amide bonds. The lowest BCUT2D eigenvalue weighted by molar-refractivity contribution is -0.136. The monoisotopic (exact) mass is 486 g/mol. The summed E-state index contributed by atoms with van der Waals surface area (Å²) in [5.41, 5.74) is 1.73. The average Bonchev–Trinajstić information content (AvgIpc) is 3.13. The smallest absolute Gasteiger partial charge is 0.340 e. The molecular weight excluding hydrogens is 463 g/mol. The van der Waals surface area contributed by atoms with Crippen LogP contribution in [0.25, 0.3) is 6.08 Å². The first-order valence-electron chi connectivity index (χ1n) is 11.1. The summed E-state index contributed by atoms with van der Waals surface area (Å²) in [4.78, 5) is 39.0. The number of methoxy groups -OCH3 is 1. The average molecular weight is 486 g/mol. The molecule has 0 spiro atoms. The first-order chi connectivity index (χ1) is 17.4. The van der Waals surface area contributed by atoms with E-state index < -0.39 is 17.7 Å². The Morgan fingerprint density at radius 1 is 0.972 bits per heavy atom. The lowest BCUT2D eigenvalue weighted by Gasteiger charge is -2.18. The van der Waals surface area contributed by atoms with Crippen LogP contribution in [0, 0.1) is 5.82 Å². The van der Waals surface area contributed by atoms with Crippen molar-refractivity contribution < 1.29 is 28.2 Å². The van der Waals surface area contributed by atoms with Gasteiger partial charge in [-0.05, 0) is 55.0 Å². The number of rotatable bonds is 7. The molecule has 0 atom stereocenters. The summed E-state index contributed by atoms with van der Waals surface area (Å²) in [5.74, 6) is -1.69. The Balaban J connectivity index is 1.52. The molecule has 0 fully saturated rings. The van der Waals surface area contributed by atoms with Gasteiger partial charge in [-0.2, -0.15) is 0 Å². The van der Waals surface area contributed by atoms with Crippen LogP contribution in [-0.4, -0.2) is 31.5 Å². The lowest BCUT2D eigenvalue weighted by Crippen LogP contribution is -2.25. The molecule has 0 unspecified atom stereocenters. The van der Waals surface area contributed by atoms with Crippen molar-refractivity contribution in [3.05, 3.63) is 107 Å². The normalized spacial score (nSPS) is 14.2. The number of para-hydroxylation sites is 2. The van der Waals surface area contributed by atoms with Crippen molar-refractivity contribution in [2.24, 2.45) is 0 Å². The number of carbonyl (C=O) groups excluding carboxylic acids is 3. The zero-order valence-electron chi connectivity index (χ0n) is 19.7. The number of halogens is 1. The molecule has 0 aliphatic carbocycles.